The van der Waals surface area contributed by atoms with E-state index in [1.54, 1.807) is 6.07 Å². The number of phenolic OH excluding ortho intramolecular Hbond substituents is 2. The first kappa shape index (κ1) is 10.9. The number of aromatic hydroxyl groups is 2. The quantitative estimate of drug-likeness (QED) is 0.717. The largest absolute Gasteiger partial charge is 0.504 e. The lowest BCUT2D eigenvalue weighted by Crippen LogP contribution is -2.13. The van der Waals surface area contributed by atoms with Gasteiger partial charge in [-0.15, -0.1) is 0 Å². The third-order valence-corrected chi connectivity index (χ3v) is 2.15. The van der Waals surface area contributed by atoms with Gasteiger partial charge in [0.25, 0.3) is 0 Å². The number of benzene rings is 1. The number of aryl methyl sites for hydroxylation is 1. The molecule has 0 atom stereocenters. The first-order valence-corrected chi connectivity index (χ1v) is 4.76. The summed E-state index contributed by atoms with van der Waals surface area (Å²) in [6, 6.07) is 5.08. The maximum atomic E-state index is 9.50. The van der Waals surface area contributed by atoms with Crippen LogP contribution in [0.15, 0.2) is 18.2 Å². The van der Waals surface area contributed by atoms with Gasteiger partial charge in [0.05, 0.1) is 0 Å². The summed E-state index contributed by atoms with van der Waals surface area (Å²) in [5.41, 5.74) is 0.812. The smallest absolute Gasteiger partial charge is 0.160 e. The highest BCUT2D eigenvalue weighted by Gasteiger charge is 2.04. The van der Waals surface area contributed by atoms with Gasteiger partial charge in [-0.25, -0.2) is 0 Å². The lowest BCUT2D eigenvalue weighted by molar-refractivity contribution is 0.387. The Hall–Kier alpha value is -1.22. The van der Waals surface area contributed by atoms with Gasteiger partial charge in [0.2, 0.25) is 0 Å². The summed E-state index contributed by atoms with van der Waals surface area (Å²) in [7, 11) is 4.03. The van der Waals surface area contributed by atoms with Crippen molar-refractivity contribution in [3.8, 4) is 11.5 Å². The van der Waals surface area contributed by atoms with Crippen molar-refractivity contribution in [1.82, 2.24) is 4.90 Å². The molecule has 0 aliphatic carbocycles. The van der Waals surface area contributed by atoms with Crippen LogP contribution in [-0.2, 0) is 6.42 Å². The van der Waals surface area contributed by atoms with Crippen molar-refractivity contribution in [1.29, 1.82) is 0 Å². The second-order valence-electron chi connectivity index (χ2n) is 3.69. The van der Waals surface area contributed by atoms with E-state index in [0.29, 0.717) is 0 Å². The molecule has 0 saturated heterocycles. The predicted octanol–water partition coefficient (Wildman–Crippen LogP) is 1.59. The van der Waals surface area contributed by atoms with Crippen LogP contribution in [0.1, 0.15) is 12.0 Å². The Bertz CT molecular complexity index is 297. The second-order valence-corrected chi connectivity index (χ2v) is 3.69. The molecule has 0 saturated carbocycles. The molecular weight excluding hydrogens is 178 g/mol. The molecule has 0 aromatic heterocycles. The highest BCUT2D eigenvalue weighted by molar-refractivity contribution is 5.44. The van der Waals surface area contributed by atoms with Gasteiger partial charge in [0.15, 0.2) is 11.5 Å². The highest BCUT2D eigenvalue weighted by Crippen LogP contribution is 2.28. The van der Waals surface area contributed by atoms with Crippen molar-refractivity contribution >= 4 is 0 Å². The minimum Gasteiger partial charge on any atom is -0.504 e. The summed E-state index contributed by atoms with van der Waals surface area (Å²) >= 11 is 0. The van der Waals surface area contributed by atoms with Gasteiger partial charge in [0, 0.05) is 0 Å². The van der Waals surface area contributed by atoms with Crippen LogP contribution in [0.25, 0.3) is 0 Å². The number of nitrogens with zero attached hydrogens (tertiary/aromatic N) is 1. The van der Waals surface area contributed by atoms with E-state index in [0.717, 1.165) is 24.9 Å². The van der Waals surface area contributed by atoms with E-state index in [1.165, 1.54) is 6.07 Å². The number of hydrogen-bond acceptors (Lipinski definition) is 3. The lowest BCUT2D eigenvalue weighted by atomic mass is 10.1. The van der Waals surface area contributed by atoms with Crippen molar-refractivity contribution in [3.63, 3.8) is 0 Å². The monoisotopic (exact) mass is 195 g/mol. The Kier molecular flexibility index (Phi) is 3.77. The molecule has 0 amide bonds. The van der Waals surface area contributed by atoms with Crippen LogP contribution in [0.2, 0.25) is 0 Å². The number of para-hydroxylation sites is 1. The normalized spacial score (nSPS) is 10.8. The zero-order valence-electron chi connectivity index (χ0n) is 8.70. The van der Waals surface area contributed by atoms with E-state index in [4.69, 9.17) is 0 Å². The third-order valence-electron chi connectivity index (χ3n) is 2.15. The predicted molar refractivity (Wildman–Crippen MR) is 56.6 cm³/mol. The summed E-state index contributed by atoms with van der Waals surface area (Å²) in [5, 5.41) is 18.7. The Morgan fingerprint density at radius 1 is 1.21 bits per heavy atom. The Morgan fingerprint density at radius 3 is 2.57 bits per heavy atom. The van der Waals surface area contributed by atoms with Crippen LogP contribution >= 0.6 is 0 Å². The van der Waals surface area contributed by atoms with Gasteiger partial charge >= 0.3 is 0 Å². The fraction of sp³-hybridized carbons (Fsp3) is 0.455. The van der Waals surface area contributed by atoms with Crippen molar-refractivity contribution in [3.05, 3.63) is 23.8 Å². The summed E-state index contributed by atoms with van der Waals surface area (Å²) in [5.74, 6) is -0.0152. The highest BCUT2D eigenvalue weighted by atomic mass is 16.3. The zero-order chi connectivity index (χ0) is 10.6. The number of hydrogen-bond donors (Lipinski definition) is 2. The Morgan fingerprint density at radius 2 is 1.93 bits per heavy atom. The van der Waals surface area contributed by atoms with Crippen LogP contribution in [0.5, 0.6) is 11.5 Å². The van der Waals surface area contributed by atoms with E-state index in [9.17, 15) is 10.2 Å². The molecule has 0 heterocycles. The van der Waals surface area contributed by atoms with E-state index in [-0.39, 0.29) is 11.5 Å². The zero-order valence-corrected chi connectivity index (χ0v) is 8.70. The molecule has 0 spiro atoms. The van der Waals surface area contributed by atoms with Crippen LogP contribution in [0, 0.1) is 0 Å². The summed E-state index contributed by atoms with van der Waals surface area (Å²) < 4.78 is 0. The van der Waals surface area contributed by atoms with Gasteiger partial charge in [-0.1, -0.05) is 12.1 Å². The molecule has 2 N–H and O–H groups in total. The average molecular weight is 195 g/mol. The molecule has 0 unspecified atom stereocenters. The Balaban J connectivity index is 2.54. The fourth-order valence-corrected chi connectivity index (χ4v) is 1.37. The number of rotatable bonds is 4. The lowest BCUT2D eigenvalue weighted by Gasteiger charge is -2.10. The van der Waals surface area contributed by atoms with Gasteiger partial charge in [-0.3, -0.25) is 0 Å². The topological polar surface area (TPSA) is 43.7 Å². The molecule has 0 aliphatic heterocycles. The number of phenols is 2. The molecule has 1 aromatic carbocycles. The van der Waals surface area contributed by atoms with Crippen LogP contribution in [-0.4, -0.2) is 35.8 Å². The SMILES string of the molecule is CN(C)CCCc1cccc(O)c1O. The second kappa shape index (κ2) is 4.86. The Labute approximate surface area is 84.6 Å². The molecule has 0 fully saturated rings. The first-order valence-electron chi connectivity index (χ1n) is 4.76. The summed E-state index contributed by atoms with van der Waals surface area (Å²) in [4.78, 5) is 2.10. The van der Waals surface area contributed by atoms with Gasteiger partial charge < -0.3 is 15.1 Å². The standard InChI is InChI=1S/C11H17NO2/c1-12(2)8-4-6-9-5-3-7-10(13)11(9)14/h3,5,7,13-14H,4,6,8H2,1-2H3. The molecule has 0 radical (unpaired) electrons. The van der Waals surface area contributed by atoms with Crippen LogP contribution in [0.3, 0.4) is 0 Å². The molecule has 78 valence electrons. The van der Waals surface area contributed by atoms with Crippen molar-refractivity contribution in [2.45, 2.75) is 12.8 Å². The van der Waals surface area contributed by atoms with Crippen molar-refractivity contribution < 1.29 is 10.2 Å². The molecule has 1 aromatic rings. The molecule has 0 aliphatic rings. The fourth-order valence-electron chi connectivity index (χ4n) is 1.37. The maximum Gasteiger partial charge on any atom is 0.160 e. The van der Waals surface area contributed by atoms with E-state index in [1.807, 2.05) is 20.2 Å². The molecule has 3 nitrogen and oxygen atoms in total. The van der Waals surface area contributed by atoms with Crippen molar-refractivity contribution in [2.75, 3.05) is 20.6 Å². The molecule has 14 heavy (non-hydrogen) atoms. The molecular formula is C11H17NO2. The minimum atomic E-state index is -0.0349. The van der Waals surface area contributed by atoms with Crippen LogP contribution < -0.4 is 0 Å². The van der Waals surface area contributed by atoms with Gasteiger partial charge in [-0.05, 0) is 45.1 Å². The van der Waals surface area contributed by atoms with Crippen LogP contribution in [0.4, 0.5) is 0 Å². The summed E-state index contributed by atoms with van der Waals surface area (Å²) in [6.45, 7) is 0.981. The first-order chi connectivity index (χ1) is 6.61. The average Bonchev–Trinajstić information content (AvgIpc) is 2.12. The molecule has 1 rings (SSSR count). The van der Waals surface area contributed by atoms with Crippen molar-refractivity contribution in [2.24, 2.45) is 0 Å². The van der Waals surface area contributed by atoms with E-state index < -0.39 is 0 Å². The summed E-state index contributed by atoms with van der Waals surface area (Å²) in [6.07, 6.45) is 1.77. The molecule has 0 bridgehead atoms. The maximum absolute atomic E-state index is 9.50. The third kappa shape index (κ3) is 2.92. The van der Waals surface area contributed by atoms with Gasteiger partial charge in [-0.2, -0.15) is 0 Å². The molecule has 3 heteroatoms. The van der Waals surface area contributed by atoms with E-state index in [2.05, 4.69) is 4.90 Å². The minimum absolute atomic E-state index is 0.0197. The van der Waals surface area contributed by atoms with E-state index >= 15 is 0 Å². The van der Waals surface area contributed by atoms with Gasteiger partial charge in [0.1, 0.15) is 0 Å².